The summed E-state index contributed by atoms with van der Waals surface area (Å²) in [5.41, 5.74) is 3.34. The molecule has 50 heavy (non-hydrogen) atoms. The second-order valence-electron chi connectivity index (χ2n) is 14.8. The van der Waals surface area contributed by atoms with Crippen LogP contribution in [0, 0.1) is 17.8 Å². The Hall–Kier alpha value is -3.61. The summed E-state index contributed by atoms with van der Waals surface area (Å²) in [7, 11) is -0.535. The van der Waals surface area contributed by atoms with E-state index in [-0.39, 0.29) is 40.0 Å². The number of methoxy groups -OCH3 is 1. The van der Waals surface area contributed by atoms with Crippen molar-refractivity contribution in [2.24, 2.45) is 29.2 Å². The number of aryl methyl sites for hydroxylation is 2. The van der Waals surface area contributed by atoms with Gasteiger partial charge >= 0.3 is 0 Å². The SMILES string of the molecule is COc1nn(C)cc1C(=O)NS1(=O)=NC(=O)c2ccc3c(c2)N(C[C@@H]2CC[C@H]2[C@@H](O)CCC[C@H](C)C1)C[C@@]1(CCCc2cc(Cl)ccc21)CO3. The number of benzene rings is 2. The van der Waals surface area contributed by atoms with Crippen molar-refractivity contribution in [1.82, 2.24) is 14.5 Å². The van der Waals surface area contributed by atoms with Crippen molar-refractivity contribution >= 4 is 39.0 Å². The van der Waals surface area contributed by atoms with Gasteiger partial charge in [-0.3, -0.25) is 19.0 Å². The third kappa shape index (κ3) is 6.86. The Morgan fingerprint density at radius 1 is 1.16 bits per heavy atom. The van der Waals surface area contributed by atoms with Gasteiger partial charge in [0.15, 0.2) is 0 Å². The molecule has 7 rings (SSSR count). The van der Waals surface area contributed by atoms with Crippen LogP contribution in [-0.4, -0.2) is 69.6 Å². The van der Waals surface area contributed by atoms with Crippen LogP contribution in [0.2, 0.25) is 5.02 Å². The third-order valence-corrected chi connectivity index (χ3v) is 13.4. The average molecular weight is 724 g/mol. The first-order valence-corrected chi connectivity index (χ1v) is 19.7. The van der Waals surface area contributed by atoms with Crippen molar-refractivity contribution in [3.63, 3.8) is 0 Å². The summed E-state index contributed by atoms with van der Waals surface area (Å²) >= 11 is 6.43. The predicted molar refractivity (Wildman–Crippen MR) is 192 cm³/mol. The summed E-state index contributed by atoms with van der Waals surface area (Å²) in [6.45, 7) is 3.81. The van der Waals surface area contributed by atoms with Crippen LogP contribution in [0.1, 0.15) is 83.7 Å². The van der Waals surface area contributed by atoms with E-state index in [9.17, 15) is 18.9 Å². The van der Waals surface area contributed by atoms with Crippen molar-refractivity contribution in [2.75, 3.05) is 37.5 Å². The van der Waals surface area contributed by atoms with Crippen molar-refractivity contribution in [2.45, 2.75) is 69.8 Å². The van der Waals surface area contributed by atoms with Gasteiger partial charge in [-0.25, -0.2) is 4.21 Å². The molecule has 0 radical (unpaired) electrons. The van der Waals surface area contributed by atoms with Gasteiger partial charge in [0.2, 0.25) is 5.88 Å². The maximum atomic E-state index is 14.5. The molecule has 6 atom stereocenters. The van der Waals surface area contributed by atoms with Gasteiger partial charge in [-0.15, -0.1) is 9.46 Å². The van der Waals surface area contributed by atoms with E-state index in [1.807, 2.05) is 13.0 Å². The lowest BCUT2D eigenvalue weighted by atomic mass is 9.68. The molecule has 2 aliphatic heterocycles. The highest BCUT2D eigenvalue weighted by Crippen LogP contribution is 2.47. The molecule has 0 saturated heterocycles. The Balaban J connectivity index is 1.29. The zero-order chi connectivity index (χ0) is 35.2. The fraction of sp³-hybridized carbons (Fsp3) is 0.541. The smallest absolute Gasteiger partial charge is 0.286 e. The van der Waals surface area contributed by atoms with Crippen molar-refractivity contribution in [3.8, 4) is 11.6 Å². The van der Waals surface area contributed by atoms with Crippen LogP contribution in [0.4, 0.5) is 5.69 Å². The van der Waals surface area contributed by atoms with Gasteiger partial charge in [0.05, 0.1) is 31.3 Å². The summed E-state index contributed by atoms with van der Waals surface area (Å²) in [4.78, 5) is 29.8. The molecular weight excluding hydrogens is 678 g/mol. The van der Waals surface area contributed by atoms with Gasteiger partial charge in [0.25, 0.3) is 11.8 Å². The molecule has 4 aliphatic rings. The molecule has 1 aromatic heterocycles. The van der Waals surface area contributed by atoms with E-state index in [1.165, 1.54) is 29.1 Å². The first-order chi connectivity index (χ1) is 24.0. The summed E-state index contributed by atoms with van der Waals surface area (Å²) in [5.74, 6) is -0.311. The van der Waals surface area contributed by atoms with Crippen LogP contribution in [-0.2, 0) is 28.8 Å². The van der Waals surface area contributed by atoms with Gasteiger partial charge < -0.3 is 19.5 Å². The minimum atomic E-state index is -3.59. The molecule has 2 N–H and O–H groups in total. The van der Waals surface area contributed by atoms with Gasteiger partial charge in [-0.05, 0) is 104 Å². The summed E-state index contributed by atoms with van der Waals surface area (Å²) in [6.07, 6.45) is 7.97. The maximum Gasteiger partial charge on any atom is 0.286 e. The lowest BCUT2D eigenvalue weighted by Crippen LogP contribution is -2.49. The van der Waals surface area contributed by atoms with Gasteiger partial charge in [0, 0.05) is 42.3 Å². The second kappa shape index (κ2) is 13.8. The molecule has 3 heterocycles. The van der Waals surface area contributed by atoms with E-state index in [0.29, 0.717) is 44.2 Å². The van der Waals surface area contributed by atoms with Crippen LogP contribution in [0.3, 0.4) is 0 Å². The Labute approximate surface area is 299 Å². The molecule has 1 fully saturated rings. The van der Waals surface area contributed by atoms with Crippen LogP contribution >= 0.6 is 11.6 Å². The molecule has 11 nitrogen and oxygen atoms in total. The molecule has 1 unspecified atom stereocenters. The Bertz CT molecular complexity index is 1920. The van der Waals surface area contributed by atoms with E-state index in [1.54, 1.807) is 25.2 Å². The second-order valence-corrected chi connectivity index (χ2v) is 17.2. The number of fused-ring (bicyclic) bond motifs is 4. The lowest BCUT2D eigenvalue weighted by Gasteiger charge is -2.45. The monoisotopic (exact) mass is 723 g/mol. The highest BCUT2D eigenvalue weighted by molar-refractivity contribution is 7.92. The quantitative estimate of drug-likeness (QED) is 0.351. The number of halogens is 1. The number of anilines is 1. The number of nitrogens with one attached hydrogen (secondary N) is 1. The van der Waals surface area contributed by atoms with E-state index in [0.717, 1.165) is 49.2 Å². The normalized spacial score (nSPS) is 29.8. The van der Waals surface area contributed by atoms with Gasteiger partial charge in [0.1, 0.15) is 21.2 Å². The number of carbonyl (C=O) groups excluding carboxylic acids is 2. The summed E-state index contributed by atoms with van der Waals surface area (Å²) < 4.78 is 34.6. The Morgan fingerprint density at radius 2 is 2.00 bits per heavy atom. The van der Waals surface area contributed by atoms with Crippen LogP contribution in [0.25, 0.3) is 0 Å². The molecule has 13 heteroatoms. The lowest BCUT2D eigenvalue weighted by molar-refractivity contribution is 0.00868. The van der Waals surface area contributed by atoms with Crippen molar-refractivity contribution in [1.29, 1.82) is 0 Å². The highest BCUT2D eigenvalue weighted by atomic mass is 35.5. The molecule has 1 saturated carbocycles. The molecule has 1 spiro atoms. The molecule has 2 aromatic carbocycles. The van der Waals surface area contributed by atoms with Gasteiger partial charge in [-0.2, -0.15) is 0 Å². The number of carbonyl (C=O) groups is 2. The van der Waals surface area contributed by atoms with Crippen LogP contribution < -0.4 is 19.1 Å². The number of nitrogens with zero attached hydrogens (tertiary/aromatic N) is 4. The zero-order valence-corrected chi connectivity index (χ0v) is 30.5. The fourth-order valence-electron chi connectivity index (χ4n) is 8.48. The Morgan fingerprint density at radius 3 is 2.78 bits per heavy atom. The van der Waals surface area contributed by atoms with E-state index in [4.69, 9.17) is 21.1 Å². The minimum absolute atomic E-state index is 0.0265. The molecule has 2 bridgehead atoms. The molecule has 2 amide bonds. The number of hydrogen-bond acceptors (Lipinski definition) is 8. The first kappa shape index (κ1) is 34.8. The Kier molecular flexibility index (Phi) is 9.64. The third-order valence-electron chi connectivity index (χ3n) is 11.1. The molecular formula is C37H46ClN5O6S. The largest absolute Gasteiger partial charge is 0.490 e. The highest BCUT2D eigenvalue weighted by Gasteiger charge is 2.44. The molecule has 3 aromatic rings. The van der Waals surface area contributed by atoms with Crippen molar-refractivity contribution < 1.29 is 28.4 Å². The average Bonchev–Trinajstić information content (AvgIpc) is 3.37. The van der Waals surface area contributed by atoms with Crippen molar-refractivity contribution in [3.05, 3.63) is 69.9 Å². The molecule has 2 aliphatic carbocycles. The maximum absolute atomic E-state index is 14.5. The predicted octanol–water partition coefficient (Wildman–Crippen LogP) is 5.72. The number of aliphatic hydroxyl groups excluding tert-OH is 1. The summed E-state index contributed by atoms with van der Waals surface area (Å²) in [6, 6.07) is 11.4. The minimum Gasteiger partial charge on any atom is -0.490 e. The number of aromatic nitrogens is 2. The fourth-order valence-corrected chi connectivity index (χ4v) is 10.6. The van der Waals surface area contributed by atoms with E-state index < -0.39 is 27.8 Å². The van der Waals surface area contributed by atoms with E-state index >= 15 is 0 Å². The van der Waals surface area contributed by atoms with Crippen LogP contribution in [0.5, 0.6) is 11.6 Å². The number of rotatable bonds is 3. The van der Waals surface area contributed by atoms with E-state index in [2.05, 4.69) is 31.2 Å². The summed E-state index contributed by atoms with van der Waals surface area (Å²) in [5, 5.41) is 16.3. The number of ether oxygens (including phenoxy) is 2. The number of aliphatic hydroxyl groups is 1. The number of amides is 2. The zero-order valence-electron chi connectivity index (χ0n) is 28.9. The number of hydrogen-bond donors (Lipinski definition) is 2. The first-order valence-electron chi connectivity index (χ1n) is 17.6. The van der Waals surface area contributed by atoms with Gasteiger partial charge in [-0.1, -0.05) is 31.0 Å². The standard InChI is InChI=1S/C37H46ClN5O6S/c1-23-6-4-8-32(44)28-12-9-26(28)18-43-21-37(15-5-7-24-16-27(38)11-13-30(24)37)22-49-33-14-10-25(17-31(33)43)34(45)40-50(47,20-23)41-35(46)29-19-42(2)39-36(29)48-3/h10-11,13-14,16-17,19,23,26,28,32,44H,4-9,12,15,18,20-22H2,1-3H3,(H,40,41,45,46,47)/t23-,26-,28+,32-,37-,50?/m0/s1. The topological polar surface area (TPSA) is 135 Å². The molecule has 268 valence electrons. The van der Waals surface area contributed by atoms with Crippen LogP contribution in [0.15, 0.2) is 47.0 Å².